The number of aromatic nitrogens is 1. The molecule has 0 unspecified atom stereocenters. The molecule has 0 bridgehead atoms. The van der Waals surface area contributed by atoms with Gasteiger partial charge >= 0.3 is 5.97 Å². The van der Waals surface area contributed by atoms with Crippen molar-refractivity contribution in [2.75, 3.05) is 19.7 Å². The van der Waals surface area contributed by atoms with Crippen LogP contribution >= 0.6 is 0 Å². The zero-order chi connectivity index (χ0) is 22.1. The van der Waals surface area contributed by atoms with Crippen molar-refractivity contribution in [1.29, 1.82) is 0 Å². The SMILES string of the molecule is CCOC(=O)CN(CCc1c[nH]c2ccccc12)Cc1ccc(/C=C/C(=O)NO)cc1. The van der Waals surface area contributed by atoms with Crippen LogP contribution in [0.15, 0.2) is 60.8 Å². The highest BCUT2D eigenvalue weighted by molar-refractivity contribution is 5.90. The van der Waals surface area contributed by atoms with Crippen molar-refractivity contribution in [2.24, 2.45) is 0 Å². The standard InChI is InChI=1S/C24H27N3O4/c1-2-31-24(29)17-27(14-13-20-15-25-22-6-4-3-5-21(20)22)16-19-9-7-18(8-10-19)11-12-23(28)26-30/h3-12,15,25,30H,2,13-14,16-17H2,1H3,(H,26,28)/b12-11+. The second-order valence-corrected chi connectivity index (χ2v) is 7.18. The lowest BCUT2D eigenvalue weighted by atomic mass is 10.1. The number of hydroxylamine groups is 1. The van der Waals surface area contributed by atoms with Gasteiger partial charge in [0.05, 0.1) is 13.2 Å². The fourth-order valence-corrected chi connectivity index (χ4v) is 3.42. The number of nitrogens with one attached hydrogen (secondary N) is 2. The number of nitrogens with zero attached hydrogens (tertiary/aromatic N) is 1. The number of H-pyrrole nitrogens is 1. The van der Waals surface area contributed by atoms with E-state index in [2.05, 4.69) is 22.0 Å². The lowest BCUT2D eigenvalue weighted by Crippen LogP contribution is -2.32. The van der Waals surface area contributed by atoms with Crippen LogP contribution in [0.5, 0.6) is 0 Å². The van der Waals surface area contributed by atoms with Gasteiger partial charge in [-0.1, -0.05) is 42.5 Å². The van der Waals surface area contributed by atoms with Crippen LogP contribution in [-0.2, 0) is 27.3 Å². The first-order valence-corrected chi connectivity index (χ1v) is 10.2. The predicted octanol–water partition coefficient (Wildman–Crippen LogP) is 3.29. The summed E-state index contributed by atoms with van der Waals surface area (Å²) >= 11 is 0. The van der Waals surface area contributed by atoms with E-state index in [0.29, 0.717) is 19.7 Å². The molecule has 3 N–H and O–H groups in total. The van der Waals surface area contributed by atoms with E-state index in [1.807, 2.05) is 42.6 Å². The van der Waals surface area contributed by atoms with Crippen molar-refractivity contribution in [1.82, 2.24) is 15.4 Å². The van der Waals surface area contributed by atoms with Crippen LogP contribution in [0.2, 0.25) is 0 Å². The number of hydrogen-bond acceptors (Lipinski definition) is 5. The number of fused-ring (bicyclic) bond motifs is 1. The van der Waals surface area contributed by atoms with Gasteiger partial charge in [0.25, 0.3) is 5.91 Å². The average molecular weight is 421 g/mol. The van der Waals surface area contributed by atoms with E-state index in [4.69, 9.17) is 9.94 Å². The predicted molar refractivity (Wildman–Crippen MR) is 119 cm³/mol. The Labute approximate surface area is 181 Å². The zero-order valence-electron chi connectivity index (χ0n) is 17.5. The summed E-state index contributed by atoms with van der Waals surface area (Å²) in [6.45, 7) is 3.69. The Balaban J connectivity index is 1.67. The summed E-state index contributed by atoms with van der Waals surface area (Å²) in [5, 5.41) is 9.74. The smallest absolute Gasteiger partial charge is 0.320 e. The van der Waals surface area contributed by atoms with Gasteiger partial charge in [0.2, 0.25) is 0 Å². The largest absolute Gasteiger partial charge is 0.465 e. The molecule has 0 spiro atoms. The minimum absolute atomic E-state index is 0.217. The van der Waals surface area contributed by atoms with Gasteiger partial charge in [-0.25, -0.2) is 5.48 Å². The van der Waals surface area contributed by atoms with Crippen molar-refractivity contribution in [2.45, 2.75) is 19.9 Å². The van der Waals surface area contributed by atoms with Crippen molar-refractivity contribution >= 4 is 28.9 Å². The fourth-order valence-electron chi connectivity index (χ4n) is 3.42. The number of aromatic amines is 1. The minimum atomic E-state index is -0.582. The van der Waals surface area contributed by atoms with Gasteiger partial charge in [-0.15, -0.1) is 0 Å². The van der Waals surface area contributed by atoms with E-state index < -0.39 is 5.91 Å². The first kappa shape index (κ1) is 22.3. The summed E-state index contributed by atoms with van der Waals surface area (Å²) < 4.78 is 5.15. The van der Waals surface area contributed by atoms with Crippen molar-refractivity contribution < 1.29 is 19.5 Å². The third-order valence-electron chi connectivity index (χ3n) is 4.95. The molecule has 31 heavy (non-hydrogen) atoms. The van der Waals surface area contributed by atoms with Gasteiger partial charge in [0, 0.05) is 36.3 Å². The highest BCUT2D eigenvalue weighted by atomic mass is 16.5. The van der Waals surface area contributed by atoms with Crippen LogP contribution in [0.1, 0.15) is 23.6 Å². The molecule has 0 aliphatic heterocycles. The first-order chi connectivity index (χ1) is 15.1. The second kappa shape index (κ2) is 11.1. The Hall–Kier alpha value is -3.42. The topological polar surface area (TPSA) is 94.7 Å². The Morgan fingerprint density at radius 2 is 1.94 bits per heavy atom. The zero-order valence-corrected chi connectivity index (χ0v) is 17.5. The van der Waals surface area contributed by atoms with Crippen LogP contribution in [0.4, 0.5) is 0 Å². The van der Waals surface area contributed by atoms with Crippen molar-refractivity contribution in [3.05, 3.63) is 77.5 Å². The van der Waals surface area contributed by atoms with E-state index in [9.17, 15) is 9.59 Å². The third-order valence-corrected chi connectivity index (χ3v) is 4.95. The van der Waals surface area contributed by atoms with Gasteiger partial charge in [-0.3, -0.25) is 19.7 Å². The minimum Gasteiger partial charge on any atom is -0.465 e. The van der Waals surface area contributed by atoms with Gasteiger partial charge in [0.1, 0.15) is 0 Å². The first-order valence-electron chi connectivity index (χ1n) is 10.2. The molecule has 0 aliphatic carbocycles. The maximum atomic E-state index is 12.1. The molecular weight excluding hydrogens is 394 g/mol. The summed E-state index contributed by atoms with van der Waals surface area (Å²) in [6.07, 6.45) is 5.70. The number of amides is 1. The third kappa shape index (κ3) is 6.53. The molecule has 3 aromatic rings. The molecule has 3 rings (SSSR count). The van der Waals surface area contributed by atoms with Crippen molar-refractivity contribution in [3.8, 4) is 0 Å². The van der Waals surface area contributed by atoms with Crippen LogP contribution in [0.25, 0.3) is 17.0 Å². The second-order valence-electron chi connectivity index (χ2n) is 7.18. The number of hydrogen-bond donors (Lipinski definition) is 3. The lowest BCUT2D eigenvalue weighted by molar-refractivity contribution is -0.144. The monoisotopic (exact) mass is 421 g/mol. The molecular formula is C24H27N3O4. The molecule has 1 amide bonds. The van der Waals surface area contributed by atoms with E-state index in [1.165, 1.54) is 17.0 Å². The quantitative estimate of drug-likeness (QED) is 0.202. The summed E-state index contributed by atoms with van der Waals surface area (Å²) in [7, 11) is 0. The maximum Gasteiger partial charge on any atom is 0.320 e. The van der Waals surface area contributed by atoms with E-state index in [0.717, 1.165) is 23.1 Å². The van der Waals surface area contributed by atoms with Gasteiger partial charge in [-0.2, -0.15) is 0 Å². The molecule has 0 aliphatic rings. The molecule has 1 heterocycles. The summed E-state index contributed by atoms with van der Waals surface area (Å²) in [5.41, 5.74) is 5.76. The molecule has 7 nitrogen and oxygen atoms in total. The Kier molecular flexibility index (Phi) is 7.98. The molecule has 0 saturated heterocycles. The molecule has 0 atom stereocenters. The van der Waals surface area contributed by atoms with Crippen LogP contribution < -0.4 is 5.48 Å². The molecule has 2 aromatic carbocycles. The normalized spacial score (nSPS) is 11.3. The van der Waals surface area contributed by atoms with Crippen molar-refractivity contribution in [3.63, 3.8) is 0 Å². The number of carbonyl (C=O) groups is 2. The van der Waals surface area contributed by atoms with E-state index in [1.54, 1.807) is 18.5 Å². The van der Waals surface area contributed by atoms with E-state index in [-0.39, 0.29) is 12.5 Å². The number of para-hydroxylation sites is 1. The maximum absolute atomic E-state index is 12.1. The lowest BCUT2D eigenvalue weighted by Gasteiger charge is -2.21. The summed E-state index contributed by atoms with van der Waals surface area (Å²) in [6, 6.07) is 15.9. The summed E-state index contributed by atoms with van der Waals surface area (Å²) in [5.74, 6) is -0.821. The van der Waals surface area contributed by atoms with Gasteiger partial charge in [-0.05, 0) is 42.2 Å². The number of benzene rings is 2. The highest BCUT2D eigenvalue weighted by Crippen LogP contribution is 2.19. The van der Waals surface area contributed by atoms with Crippen LogP contribution in [0, 0.1) is 0 Å². The van der Waals surface area contributed by atoms with Gasteiger partial charge < -0.3 is 9.72 Å². The molecule has 0 fully saturated rings. The number of rotatable bonds is 10. The Bertz CT molecular complexity index is 1040. The molecule has 162 valence electrons. The Morgan fingerprint density at radius 3 is 2.68 bits per heavy atom. The number of carbonyl (C=O) groups excluding carboxylic acids is 2. The van der Waals surface area contributed by atoms with Gasteiger partial charge in [0.15, 0.2) is 0 Å². The summed E-state index contributed by atoms with van der Waals surface area (Å²) in [4.78, 5) is 28.6. The number of esters is 1. The molecule has 1 aromatic heterocycles. The molecule has 0 saturated carbocycles. The van der Waals surface area contributed by atoms with E-state index >= 15 is 0 Å². The molecule has 0 radical (unpaired) electrons. The molecule has 7 heteroatoms. The van der Waals surface area contributed by atoms with Crippen LogP contribution in [0.3, 0.4) is 0 Å². The van der Waals surface area contributed by atoms with Crippen LogP contribution in [-0.4, -0.2) is 46.7 Å². The highest BCUT2D eigenvalue weighted by Gasteiger charge is 2.14. The number of ether oxygens (including phenoxy) is 1. The Morgan fingerprint density at radius 1 is 1.16 bits per heavy atom. The fraction of sp³-hybridized carbons (Fsp3) is 0.250. The average Bonchev–Trinajstić information content (AvgIpc) is 3.20.